The Bertz CT molecular complexity index is 592. The second-order valence-electron chi connectivity index (χ2n) is 6.84. The van der Waals surface area contributed by atoms with Crippen molar-refractivity contribution in [3.8, 4) is 5.75 Å². The van der Waals surface area contributed by atoms with Crippen LogP contribution in [-0.4, -0.2) is 62.1 Å². The monoisotopic (exact) mass is 346 g/mol. The molecule has 0 bridgehead atoms. The molecule has 0 aromatic heterocycles. The first-order valence-electron chi connectivity index (χ1n) is 8.98. The van der Waals surface area contributed by atoms with E-state index in [1.165, 1.54) is 0 Å². The number of morpholine rings is 1. The molecule has 1 atom stereocenters. The summed E-state index contributed by atoms with van der Waals surface area (Å²) in [7, 11) is 0. The summed E-state index contributed by atoms with van der Waals surface area (Å²) in [5.41, 5.74) is 0.592. The third kappa shape index (κ3) is 5.54. The summed E-state index contributed by atoms with van der Waals surface area (Å²) in [6.07, 6.45) is 1.98. The van der Waals surface area contributed by atoms with Crippen molar-refractivity contribution in [2.75, 3.05) is 39.5 Å². The van der Waals surface area contributed by atoms with Crippen LogP contribution in [0.3, 0.4) is 0 Å². The van der Waals surface area contributed by atoms with E-state index in [9.17, 15) is 9.59 Å². The molecule has 136 valence electrons. The number of Topliss-reactive ketones (excluding diaryl/α,β-unsaturated/α-hetero) is 1. The average Bonchev–Trinajstić information content (AvgIpc) is 3.46. The van der Waals surface area contributed by atoms with Gasteiger partial charge in [0.25, 0.3) is 5.91 Å². The lowest BCUT2D eigenvalue weighted by Crippen LogP contribution is -2.46. The minimum absolute atomic E-state index is 0.0673. The van der Waals surface area contributed by atoms with Crippen molar-refractivity contribution in [1.29, 1.82) is 0 Å². The molecule has 1 N–H and O–H groups in total. The lowest BCUT2D eigenvalue weighted by Gasteiger charge is -2.29. The van der Waals surface area contributed by atoms with E-state index in [1.807, 2.05) is 6.92 Å². The highest BCUT2D eigenvalue weighted by molar-refractivity contribution is 5.94. The molecule has 25 heavy (non-hydrogen) atoms. The molecule has 0 unspecified atom stereocenters. The third-order valence-corrected chi connectivity index (χ3v) is 4.54. The minimum atomic E-state index is -0.0960. The van der Waals surface area contributed by atoms with E-state index in [-0.39, 0.29) is 30.3 Å². The average molecular weight is 346 g/mol. The van der Waals surface area contributed by atoms with Crippen LogP contribution in [0.25, 0.3) is 0 Å². The first-order chi connectivity index (χ1) is 12.1. The van der Waals surface area contributed by atoms with Crippen LogP contribution >= 0.6 is 0 Å². The van der Waals surface area contributed by atoms with Crippen molar-refractivity contribution in [3.05, 3.63) is 29.8 Å². The molecular formula is C19H26N2O4. The van der Waals surface area contributed by atoms with Gasteiger partial charge in [-0.25, -0.2) is 0 Å². The van der Waals surface area contributed by atoms with Crippen molar-refractivity contribution >= 4 is 11.7 Å². The number of ketones is 1. The van der Waals surface area contributed by atoms with Gasteiger partial charge in [-0.2, -0.15) is 0 Å². The Kier molecular flexibility index (Phi) is 6.04. The largest absolute Gasteiger partial charge is 0.486 e. The number of rotatable bonds is 8. The maximum atomic E-state index is 12.3. The number of carbonyl (C=O) groups excluding carboxylic acids is 2. The molecular weight excluding hydrogens is 320 g/mol. The molecule has 1 aromatic carbocycles. The summed E-state index contributed by atoms with van der Waals surface area (Å²) in [5, 5.41) is 3.02. The number of ether oxygens (including phenoxy) is 2. The molecule has 2 aliphatic rings. The SMILES string of the molecule is C[C@H](CN1CCOCC1)NC(=O)c1ccc(OCC(=O)C2CC2)cc1. The second kappa shape index (κ2) is 8.45. The van der Waals surface area contributed by atoms with Crippen molar-refractivity contribution < 1.29 is 19.1 Å². The van der Waals surface area contributed by atoms with Crippen molar-refractivity contribution in [3.63, 3.8) is 0 Å². The Morgan fingerprint density at radius 2 is 1.92 bits per heavy atom. The summed E-state index contributed by atoms with van der Waals surface area (Å²) in [5.74, 6) is 0.894. The van der Waals surface area contributed by atoms with Gasteiger partial charge in [-0.05, 0) is 44.0 Å². The zero-order valence-corrected chi connectivity index (χ0v) is 14.7. The molecule has 0 radical (unpaired) electrons. The van der Waals surface area contributed by atoms with E-state index in [1.54, 1.807) is 24.3 Å². The van der Waals surface area contributed by atoms with Gasteiger partial charge in [0.05, 0.1) is 13.2 Å². The molecule has 3 rings (SSSR count). The van der Waals surface area contributed by atoms with Gasteiger partial charge in [0.15, 0.2) is 5.78 Å². The summed E-state index contributed by atoms with van der Waals surface area (Å²) in [6, 6.07) is 7.00. The van der Waals surface area contributed by atoms with E-state index >= 15 is 0 Å². The van der Waals surface area contributed by atoms with Gasteiger partial charge in [0.1, 0.15) is 12.4 Å². The number of nitrogens with zero attached hydrogens (tertiary/aromatic N) is 1. The quantitative estimate of drug-likeness (QED) is 0.772. The Hall–Kier alpha value is -1.92. The minimum Gasteiger partial charge on any atom is -0.486 e. The Morgan fingerprint density at radius 1 is 1.24 bits per heavy atom. The molecule has 1 heterocycles. The van der Waals surface area contributed by atoms with Crippen molar-refractivity contribution in [1.82, 2.24) is 10.2 Å². The fourth-order valence-electron chi connectivity index (χ4n) is 2.90. The first-order valence-corrected chi connectivity index (χ1v) is 8.98. The van der Waals surface area contributed by atoms with Crippen LogP contribution in [0.5, 0.6) is 5.75 Å². The van der Waals surface area contributed by atoms with Gasteiger partial charge in [-0.3, -0.25) is 14.5 Å². The van der Waals surface area contributed by atoms with E-state index in [2.05, 4.69) is 10.2 Å². The second-order valence-corrected chi connectivity index (χ2v) is 6.84. The van der Waals surface area contributed by atoms with E-state index in [0.29, 0.717) is 11.3 Å². The summed E-state index contributed by atoms with van der Waals surface area (Å²) < 4.78 is 10.8. The smallest absolute Gasteiger partial charge is 0.251 e. The van der Waals surface area contributed by atoms with Crippen LogP contribution in [0.2, 0.25) is 0 Å². The Morgan fingerprint density at radius 3 is 2.56 bits per heavy atom. The normalized spacial score (nSPS) is 19.2. The predicted molar refractivity (Wildman–Crippen MR) is 93.9 cm³/mol. The standard InChI is InChI=1S/C19H26N2O4/c1-14(12-21-8-10-24-11-9-21)20-19(23)16-4-6-17(7-5-16)25-13-18(22)15-2-3-15/h4-7,14-15H,2-3,8-13H2,1H3,(H,20,23)/t14-/m1/s1. The van der Waals surface area contributed by atoms with Gasteiger partial charge >= 0.3 is 0 Å². The fraction of sp³-hybridized carbons (Fsp3) is 0.579. The van der Waals surface area contributed by atoms with E-state index in [0.717, 1.165) is 45.7 Å². The third-order valence-electron chi connectivity index (χ3n) is 4.54. The molecule has 1 saturated heterocycles. The molecule has 2 fully saturated rings. The number of amides is 1. The first kappa shape index (κ1) is 17.9. The zero-order valence-electron chi connectivity index (χ0n) is 14.7. The van der Waals surface area contributed by atoms with Crippen molar-refractivity contribution in [2.45, 2.75) is 25.8 Å². The van der Waals surface area contributed by atoms with Crippen LogP contribution in [0.1, 0.15) is 30.1 Å². The highest BCUT2D eigenvalue weighted by Gasteiger charge is 2.29. The van der Waals surface area contributed by atoms with Crippen LogP contribution in [0.4, 0.5) is 0 Å². The number of hydrogen-bond donors (Lipinski definition) is 1. The van der Waals surface area contributed by atoms with Crippen LogP contribution in [0, 0.1) is 5.92 Å². The summed E-state index contributed by atoms with van der Waals surface area (Å²) in [6.45, 7) is 6.27. The molecule has 6 heteroatoms. The van der Waals surface area contributed by atoms with Crippen LogP contribution in [0.15, 0.2) is 24.3 Å². The molecule has 1 aliphatic carbocycles. The number of nitrogens with one attached hydrogen (secondary N) is 1. The maximum absolute atomic E-state index is 12.3. The summed E-state index contributed by atoms with van der Waals surface area (Å²) >= 11 is 0. The van der Waals surface area contributed by atoms with E-state index in [4.69, 9.17) is 9.47 Å². The molecule has 1 aromatic rings. The molecule has 0 spiro atoms. The molecule has 1 aliphatic heterocycles. The topological polar surface area (TPSA) is 67.9 Å². The number of benzene rings is 1. The highest BCUT2D eigenvalue weighted by Crippen LogP contribution is 2.29. The molecule has 1 amide bonds. The van der Waals surface area contributed by atoms with Crippen LogP contribution < -0.4 is 10.1 Å². The van der Waals surface area contributed by atoms with Gasteiger partial charge in [-0.1, -0.05) is 0 Å². The van der Waals surface area contributed by atoms with Gasteiger partial charge in [0, 0.05) is 37.2 Å². The fourth-order valence-corrected chi connectivity index (χ4v) is 2.90. The van der Waals surface area contributed by atoms with Gasteiger partial charge in [-0.15, -0.1) is 0 Å². The lowest BCUT2D eigenvalue weighted by atomic mass is 10.2. The molecule has 1 saturated carbocycles. The zero-order chi connectivity index (χ0) is 17.6. The number of carbonyl (C=O) groups is 2. The van der Waals surface area contributed by atoms with Crippen molar-refractivity contribution in [2.24, 2.45) is 5.92 Å². The molecule has 6 nitrogen and oxygen atoms in total. The highest BCUT2D eigenvalue weighted by atomic mass is 16.5. The van der Waals surface area contributed by atoms with Crippen LogP contribution in [-0.2, 0) is 9.53 Å². The number of hydrogen-bond acceptors (Lipinski definition) is 5. The Labute approximate surface area is 148 Å². The maximum Gasteiger partial charge on any atom is 0.251 e. The predicted octanol–water partition coefficient (Wildman–Crippen LogP) is 1.49. The Balaban J connectivity index is 1.43. The summed E-state index contributed by atoms with van der Waals surface area (Å²) in [4.78, 5) is 26.3. The van der Waals surface area contributed by atoms with Gasteiger partial charge in [0.2, 0.25) is 0 Å². The van der Waals surface area contributed by atoms with Gasteiger partial charge < -0.3 is 14.8 Å². The van der Waals surface area contributed by atoms with E-state index < -0.39 is 0 Å². The lowest BCUT2D eigenvalue weighted by molar-refractivity contribution is -0.122.